The van der Waals surface area contributed by atoms with Crippen molar-refractivity contribution < 1.29 is 4.79 Å². The SMILES string of the molecule is CCC(=O)c1ccc(-c2cc(Cl)ccc2Br)s1. The molecule has 0 aliphatic heterocycles. The number of carbonyl (C=O) groups is 1. The summed E-state index contributed by atoms with van der Waals surface area (Å²) < 4.78 is 0.985. The van der Waals surface area contributed by atoms with Crippen molar-refractivity contribution in [3.63, 3.8) is 0 Å². The molecule has 0 spiro atoms. The van der Waals surface area contributed by atoms with E-state index in [4.69, 9.17) is 11.6 Å². The predicted octanol–water partition coefficient (Wildman–Crippen LogP) is 5.42. The number of halogens is 2. The smallest absolute Gasteiger partial charge is 0.172 e. The topological polar surface area (TPSA) is 17.1 Å². The molecular formula is C13H10BrClOS. The Bertz CT molecular complexity index is 562. The van der Waals surface area contributed by atoms with Crippen LogP contribution in [0.25, 0.3) is 10.4 Å². The van der Waals surface area contributed by atoms with E-state index in [0.717, 1.165) is 19.8 Å². The summed E-state index contributed by atoms with van der Waals surface area (Å²) in [4.78, 5) is 13.4. The Morgan fingerprint density at radius 1 is 1.35 bits per heavy atom. The Morgan fingerprint density at radius 3 is 2.82 bits per heavy atom. The second-order valence-corrected chi connectivity index (χ2v) is 5.94. The van der Waals surface area contributed by atoms with Crippen LogP contribution in [0.3, 0.4) is 0 Å². The zero-order valence-electron chi connectivity index (χ0n) is 9.17. The third-order valence-corrected chi connectivity index (χ3v) is 4.48. The molecule has 0 radical (unpaired) electrons. The average Bonchev–Trinajstić information content (AvgIpc) is 2.80. The molecule has 0 amide bonds. The number of ketones is 1. The number of Topliss-reactive ketones (excluding diaryl/α,β-unsaturated/α-hetero) is 1. The second kappa shape index (κ2) is 5.34. The molecule has 0 saturated heterocycles. The van der Waals surface area contributed by atoms with E-state index in [1.54, 1.807) is 0 Å². The number of hydrogen-bond donors (Lipinski definition) is 0. The molecule has 1 nitrogen and oxygen atoms in total. The highest BCUT2D eigenvalue weighted by Gasteiger charge is 2.10. The van der Waals surface area contributed by atoms with Gasteiger partial charge in [0.05, 0.1) is 4.88 Å². The van der Waals surface area contributed by atoms with E-state index >= 15 is 0 Å². The van der Waals surface area contributed by atoms with Gasteiger partial charge in [-0.3, -0.25) is 4.79 Å². The highest BCUT2D eigenvalue weighted by atomic mass is 79.9. The molecule has 4 heteroatoms. The fourth-order valence-electron chi connectivity index (χ4n) is 1.49. The van der Waals surface area contributed by atoms with Crippen LogP contribution in [-0.2, 0) is 0 Å². The van der Waals surface area contributed by atoms with Crippen molar-refractivity contribution in [2.24, 2.45) is 0 Å². The normalized spacial score (nSPS) is 10.5. The van der Waals surface area contributed by atoms with Gasteiger partial charge in [0.25, 0.3) is 0 Å². The van der Waals surface area contributed by atoms with Crippen LogP contribution >= 0.6 is 38.9 Å². The van der Waals surface area contributed by atoms with Gasteiger partial charge < -0.3 is 0 Å². The highest BCUT2D eigenvalue weighted by molar-refractivity contribution is 9.10. The van der Waals surface area contributed by atoms with Gasteiger partial charge in [-0.25, -0.2) is 0 Å². The van der Waals surface area contributed by atoms with E-state index in [1.165, 1.54) is 11.3 Å². The van der Waals surface area contributed by atoms with Gasteiger partial charge in [0.15, 0.2) is 5.78 Å². The van der Waals surface area contributed by atoms with Crippen molar-refractivity contribution >= 4 is 44.7 Å². The van der Waals surface area contributed by atoms with Crippen molar-refractivity contribution in [3.05, 3.63) is 44.7 Å². The van der Waals surface area contributed by atoms with Crippen LogP contribution in [0.4, 0.5) is 0 Å². The average molecular weight is 330 g/mol. The molecule has 1 aromatic heterocycles. The van der Waals surface area contributed by atoms with Crippen LogP contribution in [-0.4, -0.2) is 5.78 Å². The fraction of sp³-hybridized carbons (Fsp3) is 0.154. The van der Waals surface area contributed by atoms with Gasteiger partial charge in [-0.2, -0.15) is 0 Å². The van der Waals surface area contributed by atoms with Crippen LogP contribution in [0.5, 0.6) is 0 Å². The first-order chi connectivity index (χ1) is 8.11. The van der Waals surface area contributed by atoms with Gasteiger partial charge in [-0.15, -0.1) is 11.3 Å². The highest BCUT2D eigenvalue weighted by Crippen LogP contribution is 2.35. The summed E-state index contributed by atoms with van der Waals surface area (Å²) in [6.07, 6.45) is 0.538. The molecule has 0 unspecified atom stereocenters. The second-order valence-electron chi connectivity index (χ2n) is 3.56. The number of carbonyl (C=O) groups excluding carboxylic acids is 1. The molecule has 1 aromatic carbocycles. The molecule has 0 N–H and O–H groups in total. The number of hydrogen-bond acceptors (Lipinski definition) is 2. The van der Waals surface area contributed by atoms with E-state index in [0.29, 0.717) is 11.4 Å². The van der Waals surface area contributed by atoms with E-state index in [9.17, 15) is 4.79 Å². The maximum absolute atomic E-state index is 11.6. The zero-order chi connectivity index (χ0) is 12.4. The lowest BCUT2D eigenvalue weighted by molar-refractivity contribution is 0.0992. The van der Waals surface area contributed by atoms with Crippen molar-refractivity contribution in [2.45, 2.75) is 13.3 Å². The van der Waals surface area contributed by atoms with Crippen molar-refractivity contribution in [1.82, 2.24) is 0 Å². The van der Waals surface area contributed by atoms with Crippen LogP contribution < -0.4 is 0 Å². The monoisotopic (exact) mass is 328 g/mol. The lowest BCUT2D eigenvalue weighted by Gasteiger charge is -2.01. The molecule has 0 saturated carbocycles. The summed E-state index contributed by atoms with van der Waals surface area (Å²) in [6, 6.07) is 9.49. The first kappa shape index (κ1) is 12.8. The molecule has 0 atom stereocenters. The standard InChI is InChI=1S/C13H10BrClOS/c1-2-11(16)13-6-5-12(17-13)9-7-8(15)3-4-10(9)14/h3-7H,2H2,1H3. The lowest BCUT2D eigenvalue weighted by atomic mass is 10.2. The molecule has 88 valence electrons. The first-order valence-electron chi connectivity index (χ1n) is 5.20. The van der Waals surface area contributed by atoms with Gasteiger partial charge in [-0.05, 0) is 30.3 Å². The Labute approximate surface area is 118 Å². The Hall–Kier alpha value is -0.640. The lowest BCUT2D eigenvalue weighted by Crippen LogP contribution is -1.90. The van der Waals surface area contributed by atoms with Gasteiger partial charge in [-0.1, -0.05) is 34.5 Å². The minimum absolute atomic E-state index is 0.180. The van der Waals surface area contributed by atoms with Crippen molar-refractivity contribution in [2.75, 3.05) is 0 Å². The van der Waals surface area contributed by atoms with Gasteiger partial charge in [0, 0.05) is 26.4 Å². The maximum Gasteiger partial charge on any atom is 0.172 e. The molecule has 2 rings (SSSR count). The van der Waals surface area contributed by atoms with Crippen LogP contribution in [0, 0.1) is 0 Å². The van der Waals surface area contributed by atoms with Crippen LogP contribution in [0.2, 0.25) is 5.02 Å². The van der Waals surface area contributed by atoms with Gasteiger partial charge in [0.1, 0.15) is 0 Å². The summed E-state index contributed by atoms with van der Waals surface area (Å²) in [5, 5.41) is 0.694. The Balaban J connectivity index is 2.43. The van der Waals surface area contributed by atoms with Crippen molar-refractivity contribution in [3.8, 4) is 10.4 Å². The van der Waals surface area contributed by atoms with E-state index in [1.807, 2.05) is 37.3 Å². The van der Waals surface area contributed by atoms with E-state index in [-0.39, 0.29) is 5.78 Å². The third kappa shape index (κ3) is 2.79. The largest absolute Gasteiger partial charge is 0.293 e. The fourth-order valence-corrected chi connectivity index (χ4v) is 3.30. The number of benzene rings is 1. The summed E-state index contributed by atoms with van der Waals surface area (Å²) >= 11 is 11.0. The number of rotatable bonds is 3. The predicted molar refractivity (Wildman–Crippen MR) is 77.1 cm³/mol. The van der Waals surface area contributed by atoms with Crippen molar-refractivity contribution in [1.29, 1.82) is 0 Å². The Kier molecular flexibility index (Phi) is 4.02. The summed E-state index contributed by atoms with van der Waals surface area (Å²) in [7, 11) is 0. The van der Waals surface area contributed by atoms with E-state index < -0.39 is 0 Å². The molecule has 17 heavy (non-hydrogen) atoms. The molecule has 1 heterocycles. The molecule has 0 bridgehead atoms. The maximum atomic E-state index is 11.6. The van der Waals surface area contributed by atoms with Gasteiger partial charge >= 0.3 is 0 Å². The molecule has 2 aromatic rings. The van der Waals surface area contributed by atoms with Gasteiger partial charge in [0.2, 0.25) is 0 Å². The van der Waals surface area contributed by atoms with Crippen LogP contribution in [0.1, 0.15) is 23.0 Å². The quantitative estimate of drug-likeness (QED) is 0.687. The minimum Gasteiger partial charge on any atom is -0.293 e. The Morgan fingerprint density at radius 2 is 2.12 bits per heavy atom. The molecule has 0 aliphatic carbocycles. The molecular weight excluding hydrogens is 320 g/mol. The molecule has 0 aliphatic rings. The van der Waals surface area contributed by atoms with E-state index in [2.05, 4.69) is 15.9 Å². The van der Waals surface area contributed by atoms with Crippen LogP contribution in [0.15, 0.2) is 34.8 Å². The molecule has 0 fully saturated rings. The zero-order valence-corrected chi connectivity index (χ0v) is 12.3. The summed E-state index contributed by atoms with van der Waals surface area (Å²) in [6.45, 7) is 1.87. The number of thiophene rings is 1. The summed E-state index contributed by atoms with van der Waals surface area (Å²) in [5.74, 6) is 0.180. The summed E-state index contributed by atoms with van der Waals surface area (Å²) in [5.41, 5.74) is 1.03. The third-order valence-electron chi connectivity index (χ3n) is 2.40. The minimum atomic E-state index is 0.180. The first-order valence-corrected chi connectivity index (χ1v) is 7.19.